The lowest BCUT2D eigenvalue weighted by Crippen LogP contribution is -2.22. The average Bonchev–Trinajstić information content (AvgIpc) is 3.08. The molecule has 0 saturated carbocycles. The first-order valence-corrected chi connectivity index (χ1v) is 13.0. The van der Waals surface area contributed by atoms with Crippen LogP contribution in [0.2, 0.25) is 0 Å². The smallest absolute Gasteiger partial charge is 0.328 e. The van der Waals surface area contributed by atoms with E-state index in [1.807, 2.05) is 29.8 Å². The van der Waals surface area contributed by atoms with Crippen LogP contribution in [-0.2, 0) is 31.4 Å². The number of rotatable bonds is 5. The van der Waals surface area contributed by atoms with E-state index in [4.69, 9.17) is 4.74 Å². The van der Waals surface area contributed by atoms with E-state index in [1.165, 1.54) is 68.9 Å². The SMILES string of the molecule is Cn1c(=O)n(CCCCC2CCCCCOCc3ccccc3CCCC2)c2ccccc21. The number of benzene rings is 2. The minimum Gasteiger partial charge on any atom is -0.377 e. The maximum Gasteiger partial charge on any atom is 0.328 e. The molecule has 0 fully saturated rings. The molecule has 1 unspecified atom stereocenters. The molecular weight excluding hydrogens is 408 g/mol. The Bertz CT molecular complexity index is 1060. The van der Waals surface area contributed by atoms with Crippen LogP contribution in [0.5, 0.6) is 0 Å². The summed E-state index contributed by atoms with van der Waals surface area (Å²) in [5.74, 6) is 0.813. The zero-order chi connectivity index (χ0) is 22.9. The Kier molecular flexibility index (Phi) is 8.82. The summed E-state index contributed by atoms with van der Waals surface area (Å²) in [6.45, 7) is 2.46. The number of fused-ring (bicyclic) bond motifs is 2. The highest BCUT2D eigenvalue weighted by Crippen LogP contribution is 2.25. The number of aryl methyl sites for hydroxylation is 3. The van der Waals surface area contributed by atoms with Crippen molar-refractivity contribution in [2.24, 2.45) is 13.0 Å². The quantitative estimate of drug-likeness (QED) is 0.411. The van der Waals surface area contributed by atoms with Gasteiger partial charge in [0.1, 0.15) is 0 Å². The zero-order valence-corrected chi connectivity index (χ0v) is 20.3. The van der Waals surface area contributed by atoms with Gasteiger partial charge in [0.2, 0.25) is 0 Å². The summed E-state index contributed by atoms with van der Waals surface area (Å²) in [7, 11) is 1.87. The van der Waals surface area contributed by atoms with Crippen molar-refractivity contribution in [3.63, 3.8) is 0 Å². The van der Waals surface area contributed by atoms with Gasteiger partial charge >= 0.3 is 5.69 Å². The lowest BCUT2D eigenvalue weighted by atomic mass is 9.89. The number of aromatic nitrogens is 2. The van der Waals surface area contributed by atoms with E-state index in [2.05, 4.69) is 30.3 Å². The molecule has 1 aromatic heterocycles. The summed E-state index contributed by atoms with van der Waals surface area (Å²) in [6.07, 6.45) is 13.7. The summed E-state index contributed by atoms with van der Waals surface area (Å²) in [5, 5.41) is 0. The van der Waals surface area contributed by atoms with Crippen LogP contribution in [0, 0.1) is 5.92 Å². The first-order chi connectivity index (χ1) is 16.2. The Hall–Kier alpha value is -2.33. The number of hydrogen-bond acceptors (Lipinski definition) is 2. The third-order valence-electron chi connectivity index (χ3n) is 7.38. The van der Waals surface area contributed by atoms with E-state index in [0.29, 0.717) is 0 Å². The Labute approximate surface area is 198 Å². The van der Waals surface area contributed by atoms with Crippen LogP contribution >= 0.6 is 0 Å². The van der Waals surface area contributed by atoms with E-state index >= 15 is 0 Å². The molecule has 2 heterocycles. The Balaban J connectivity index is 1.29. The monoisotopic (exact) mass is 448 g/mol. The lowest BCUT2D eigenvalue weighted by molar-refractivity contribution is 0.115. The standard InChI is InChI=1S/C29H40N2O2/c1-30-27-19-8-9-20-28(27)31(29(30)32)21-11-10-15-24-13-3-2-12-22-33-23-26-18-7-6-17-25(26)16-5-4-14-24/h6-9,17-20,24H,2-5,10-16,21-23H2,1H3. The number of imidazole rings is 1. The van der Waals surface area contributed by atoms with Crippen LogP contribution in [-0.4, -0.2) is 15.7 Å². The fraction of sp³-hybridized carbons (Fsp3) is 0.552. The maximum absolute atomic E-state index is 12.7. The predicted octanol–water partition coefficient (Wildman–Crippen LogP) is 6.63. The van der Waals surface area contributed by atoms with Crippen molar-refractivity contribution in [1.29, 1.82) is 0 Å². The second-order valence-electron chi connectivity index (χ2n) is 9.76. The molecule has 2 aromatic carbocycles. The zero-order valence-electron chi connectivity index (χ0n) is 20.3. The molecule has 4 rings (SSSR count). The van der Waals surface area contributed by atoms with Crippen molar-refractivity contribution in [2.45, 2.75) is 83.8 Å². The molecule has 1 aliphatic heterocycles. The lowest BCUT2D eigenvalue weighted by Gasteiger charge is -2.18. The van der Waals surface area contributed by atoms with Crippen LogP contribution in [0.15, 0.2) is 53.3 Å². The minimum absolute atomic E-state index is 0.108. The van der Waals surface area contributed by atoms with Gasteiger partial charge in [0.15, 0.2) is 0 Å². The Morgan fingerprint density at radius 3 is 2.42 bits per heavy atom. The first kappa shape index (κ1) is 23.8. The van der Waals surface area contributed by atoms with Gasteiger partial charge in [0.05, 0.1) is 17.6 Å². The third-order valence-corrected chi connectivity index (χ3v) is 7.38. The highest BCUT2D eigenvalue weighted by molar-refractivity contribution is 5.75. The number of unbranched alkanes of at least 4 members (excludes halogenated alkanes) is 1. The second-order valence-corrected chi connectivity index (χ2v) is 9.76. The Morgan fingerprint density at radius 2 is 1.58 bits per heavy atom. The molecule has 33 heavy (non-hydrogen) atoms. The average molecular weight is 449 g/mol. The van der Waals surface area contributed by atoms with Crippen molar-refractivity contribution in [3.8, 4) is 0 Å². The van der Waals surface area contributed by atoms with Crippen molar-refractivity contribution in [2.75, 3.05) is 6.61 Å². The van der Waals surface area contributed by atoms with Gasteiger partial charge in [-0.2, -0.15) is 0 Å². The topological polar surface area (TPSA) is 36.2 Å². The molecule has 0 saturated heterocycles. The molecule has 0 aliphatic carbocycles. The van der Waals surface area contributed by atoms with Crippen molar-refractivity contribution in [3.05, 3.63) is 70.1 Å². The summed E-state index contributed by atoms with van der Waals surface area (Å²) in [6, 6.07) is 16.9. The van der Waals surface area contributed by atoms with E-state index in [0.717, 1.165) is 49.6 Å². The summed E-state index contributed by atoms with van der Waals surface area (Å²) in [4.78, 5) is 12.7. The third kappa shape index (κ3) is 6.38. The molecule has 0 bridgehead atoms. The van der Waals surface area contributed by atoms with Crippen molar-refractivity contribution < 1.29 is 4.74 Å². The van der Waals surface area contributed by atoms with E-state index in [9.17, 15) is 4.79 Å². The van der Waals surface area contributed by atoms with Crippen LogP contribution in [0.4, 0.5) is 0 Å². The van der Waals surface area contributed by atoms with Gasteiger partial charge in [-0.3, -0.25) is 9.13 Å². The molecule has 0 spiro atoms. The number of para-hydroxylation sites is 2. The molecule has 4 heteroatoms. The fourth-order valence-corrected chi connectivity index (χ4v) is 5.40. The van der Waals surface area contributed by atoms with Gasteiger partial charge < -0.3 is 4.74 Å². The molecule has 0 radical (unpaired) electrons. The maximum atomic E-state index is 12.7. The summed E-state index contributed by atoms with van der Waals surface area (Å²) >= 11 is 0. The first-order valence-electron chi connectivity index (χ1n) is 13.0. The number of ether oxygens (including phenoxy) is 1. The predicted molar refractivity (Wildman–Crippen MR) is 137 cm³/mol. The molecule has 0 N–H and O–H groups in total. The molecule has 1 aliphatic rings. The van der Waals surface area contributed by atoms with Gasteiger partial charge in [-0.05, 0) is 54.9 Å². The number of hydrogen-bond donors (Lipinski definition) is 0. The van der Waals surface area contributed by atoms with Gasteiger partial charge in [-0.1, -0.05) is 81.3 Å². The van der Waals surface area contributed by atoms with Gasteiger partial charge in [0, 0.05) is 20.2 Å². The van der Waals surface area contributed by atoms with Crippen molar-refractivity contribution >= 4 is 11.0 Å². The number of nitrogens with zero attached hydrogens (tertiary/aromatic N) is 2. The highest BCUT2D eigenvalue weighted by atomic mass is 16.5. The molecule has 178 valence electrons. The largest absolute Gasteiger partial charge is 0.377 e. The highest BCUT2D eigenvalue weighted by Gasteiger charge is 2.12. The fourth-order valence-electron chi connectivity index (χ4n) is 5.40. The van der Waals surface area contributed by atoms with Gasteiger partial charge in [-0.25, -0.2) is 4.79 Å². The van der Waals surface area contributed by atoms with E-state index in [-0.39, 0.29) is 5.69 Å². The second kappa shape index (κ2) is 12.2. The molecule has 1 atom stereocenters. The van der Waals surface area contributed by atoms with E-state index < -0.39 is 0 Å². The molecule has 3 aromatic rings. The molecular formula is C29H40N2O2. The van der Waals surface area contributed by atoms with Crippen LogP contribution in [0.25, 0.3) is 11.0 Å². The van der Waals surface area contributed by atoms with Crippen LogP contribution < -0.4 is 5.69 Å². The van der Waals surface area contributed by atoms with E-state index in [1.54, 1.807) is 4.57 Å². The Morgan fingerprint density at radius 1 is 0.848 bits per heavy atom. The van der Waals surface area contributed by atoms with Gasteiger partial charge in [-0.15, -0.1) is 0 Å². The molecule has 4 nitrogen and oxygen atoms in total. The minimum atomic E-state index is 0.108. The van der Waals surface area contributed by atoms with Gasteiger partial charge in [0.25, 0.3) is 0 Å². The molecule has 0 amide bonds. The van der Waals surface area contributed by atoms with Crippen molar-refractivity contribution in [1.82, 2.24) is 9.13 Å². The van der Waals surface area contributed by atoms with Crippen LogP contribution in [0.3, 0.4) is 0 Å². The van der Waals surface area contributed by atoms with Crippen LogP contribution in [0.1, 0.15) is 75.3 Å². The normalized spacial score (nSPS) is 18.6. The summed E-state index contributed by atoms with van der Waals surface area (Å²) in [5.41, 5.74) is 5.03. The summed E-state index contributed by atoms with van der Waals surface area (Å²) < 4.78 is 9.70.